The molecule has 2 aliphatic rings. The van der Waals surface area contributed by atoms with Crippen LogP contribution in [0.15, 0.2) is 54.2 Å². The monoisotopic (exact) mass is 431 g/mol. The molecule has 1 saturated heterocycles. The molecule has 4 amide bonds. The molecule has 0 bridgehead atoms. The van der Waals surface area contributed by atoms with Gasteiger partial charge in [-0.25, -0.2) is 9.69 Å². The van der Waals surface area contributed by atoms with Crippen molar-refractivity contribution in [2.45, 2.75) is 26.3 Å². The van der Waals surface area contributed by atoms with E-state index < -0.39 is 17.8 Å². The van der Waals surface area contributed by atoms with Crippen molar-refractivity contribution < 1.29 is 23.9 Å². The first kappa shape index (κ1) is 19.9. The highest BCUT2D eigenvalue weighted by atomic mass is 16.7. The predicted molar refractivity (Wildman–Crippen MR) is 119 cm³/mol. The number of fused-ring (bicyclic) bond motifs is 2. The van der Waals surface area contributed by atoms with Gasteiger partial charge in [-0.1, -0.05) is 25.1 Å². The van der Waals surface area contributed by atoms with Crippen molar-refractivity contribution in [1.29, 1.82) is 0 Å². The van der Waals surface area contributed by atoms with Gasteiger partial charge in [0.05, 0.1) is 5.69 Å². The number of barbiturate groups is 1. The van der Waals surface area contributed by atoms with Crippen LogP contribution in [0.25, 0.3) is 17.0 Å². The minimum atomic E-state index is -0.807. The Balaban J connectivity index is 1.58. The van der Waals surface area contributed by atoms with Crippen LogP contribution in [-0.4, -0.2) is 29.2 Å². The number of urea groups is 1. The number of carbonyl (C=O) groups is 3. The van der Waals surface area contributed by atoms with Gasteiger partial charge in [0.2, 0.25) is 6.79 Å². The van der Waals surface area contributed by atoms with Gasteiger partial charge >= 0.3 is 6.03 Å². The Labute approximate surface area is 184 Å². The Kier molecular flexibility index (Phi) is 4.70. The molecule has 2 aliphatic heterocycles. The lowest BCUT2D eigenvalue weighted by Gasteiger charge is -2.26. The zero-order valence-corrected chi connectivity index (χ0v) is 17.6. The average molecular weight is 431 g/mol. The predicted octanol–water partition coefficient (Wildman–Crippen LogP) is 4.01. The maximum Gasteiger partial charge on any atom is 0.335 e. The molecule has 0 radical (unpaired) electrons. The molecule has 0 saturated carbocycles. The van der Waals surface area contributed by atoms with E-state index >= 15 is 0 Å². The fourth-order valence-electron chi connectivity index (χ4n) is 3.98. The summed E-state index contributed by atoms with van der Waals surface area (Å²) in [5, 5.41) is 3.19. The molecule has 162 valence electrons. The standard InChI is InChI=1S/C24H21N3O5/c1-3-14(2)26-12-15(17-6-4-5-7-19(17)26)10-18-22(28)25-24(30)27(23(18)29)16-8-9-20-21(11-16)32-13-31-20/h4-12,14H,3,13H2,1-2H3,(H,25,28,30)/b18-10+/t14-/m0/s1. The first-order valence-corrected chi connectivity index (χ1v) is 10.4. The third-order valence-corrected chi connectivity index (χ3v) is 5.85. The lowest BCUT2D eigenvalue weighted by Crippen LogP contribution is -2.54. The number of hydrogen-bond acceptors (Lipinski definition) is 5. The van der Waals surface area contributed by atoms with Crippen LogP contribution in [0.2, 0.25) is 0 Å². The zero-order chi connectivity index (χ0) is 22.4. The van der Waals surface area contributed by atoms with E-state index in [4.69, 9.17) is 9.47 Å². The van der Waals surface area contributed by atoms with Gasteiger partial charge in [-0.3, -0.25) is 14.9 Å². The van der Waals surface area contributed by atoms with Crippen LogP contribution in [0.4, 0.5) is 10.5 Å². The molecule has 32 heavy (non-hydrogen) atoms. The SMILES string of the molecule is CC[C@H](C)n1cc(/C=C2\C(=O)NC(=O)N(c3ccc4c(c3)OCO4)C2=O)c2ccccc21. The molecule has 1 fully saturated rings. The lowest BCUT2D eigenvalue weighted by atomic mass is 10.1. The maximum absolute atomic E-state index is 13.3. The molecule has 1 atom stereocenters. The van der Waals surface area contributed by atoms with E-state index in [1.54, 1.807) is 24.3 Å². The summed E-state index contributed by atoms with van der Waals surface area (Å²) in [7, 11) is 0. The van der Waals surface area contributed by atoms with E-state index in [0.717, 1.165) is 27.8 Å². The quantitative estimate of drug-likeness (QED) is 0.498. The fourth-order valence-corrected chi connectivity index (χ4v) is 3.98. The third kappa shape index (κ3) is 3.11. The van der Waals surface area contributed by atoms with Crippen molar-refractivity contribution in [3.63, 3.8) is 0 Å². The average Bonchev–Trinajstić information content (AvgIpc) is 3.40. The van der Waals surface area contributed by atoms with Crippen molar-refractivity contribution in [2.75, 3.05) is 11.7 Å². The molecular weight excluding hydrogens is 410 g/mol. The molecule has 8 nitrogen and oxygen atoms in total. The van der Waals surface area contributed by atoms with Gasteiger partial charge in [-0.05, 0) is 37.6 Å². The van der Waals surface area contributed by atoms with Crippen molar-refractivity contribution in [2.24, 2.45) is 0 Å². The Bertz CT molecular complexity index is 1310. The molecule has 8 heteroatoms. The van der Waals surface area contributed by atoms with Crippen molar-refractivity contribution in [1.82, 2.24) is 9.88 Å². The number of aromatic nitrogens is 1. The van der Waals surface area contributed by atoms with Crippen molar-refractivity contribution in [3.05, 3.63) is 59.8 Å². The van der Waals surface area contributed by atoms with Gasteiger partial charge in [-0.15, -0.1) is 0 Å². The fraction of sp³-hybridized carbons (Fsp3) is 0.208. The summed E-state index contributed by atoms with van der Waals surface area (Å²) in [5.74, 6) is -0.458. The molecule has 0 spiro atoms. The summed E-state index contributed by atoms with van der Waals surface area (Å²) in [6.45, 7) is 4.29. The highest BCUT2D eigenvalue weighted by molar-refractivity contribution is 6.39. The number of hydrogen-bond donors (Lipinski definition) is 1. The van der Waals surface area contributed by atoms with Crippen LogP contribution in [0, 0.1) is 0 Å². The summed E-state index contributed by atoms with van der Waals surface area (Å²) in [5.41, 5.74) is 1.92. The molecule has 0 unspecified atom stereocenters. The lowest BCUT2D eigenvalue weighted by molar-refractivity contribution is -0.122. The second-order valence-corrected chi connectivity index (χ2v) is 7.76. The van der Waals surface area contributed by atoms with Crippen LogP contribution in [-0.2, 0) is 9.59 Å². The number of benzene rings is 2. The van der Waals surface area contributed by atoms with Crippen molar-refractivity contribution >= 4 is 40.5 Å². The molecular formula is C24H21N3O5. The van der Waals surface area contributed by atoms with Gasteiger partial charge in [0, 0.05) is 34.8 Å². The van der Waals surface area contributed by atoms with E-state index in [2.05, 4.69) is 23.7 Å². The number of rotatable bonds is 4. The Hall–Kier alpha value is -4.07. The highest BCUT2D eigenvalue weighted by Gasteiger charge is 2.37. The van der Waals surface area contributed by atoms with Gasteiger partial charge in [0.1, 0.15) is 5.57 Å². The number of amides is 4. The third-order valence-electron chi connectivity index (χ3n) is 5.85. The largest absolute Gasteiger partial charge is 0.454 e. The van der Waals surface area contributed by atoms with Crippen LogP contribution < -0.4 is 19.7 Å². The Morgan fingerprint density at radius 2 is 1.88 bits per heavy atom. The van der Waals surface area contributed by atoms with Gasteiger partial charge in [0.15, 0.2) is 11.5 Å². The number of para-hydroxylation sites is 1. The van der Waals surface area contributed by atoms with E-state index in [1.165, 1.54) is 0 Å². The molecule has 2 aromatic carbocycles. The molecule has 5 rings (SSSR count). The molecule has 3 heterocycles. The first-order chi connectivity index (χ1) is 15.5. The zero-order valence-electron chi connectivity index (χ0n) is 17.6. The topological polar surface area (TPSA) is 89.9 Å². The van der Waals surface area contributed by atoms with Gasteiger partial charge in [-0.2, -0.15) is 0 Å². The molecule has 0 aliphatic carbocycles. The van der Waals surface area contributed by atoms with E-state index in [9.17, 15) is 14.4 Å². The number of ether oxygens (including phenoxy) is 2. The first-order valence-electron chi connectivity index (χ1n) is 10.4. The summed E-state index contributed by atoms with van der Waals surface area (Å²) in [4.78, 5) is 39.4. The van der Waals surface area contributed by atoms with E-state index in [0.29, 0.717) is 11.5 Å². The minimum Gasteiger partial charge on any atom is -0.454 e. The number of nitrogens with zero attached hydrogens (tertiary/aromatic N) is 2. The number of anilines is 1. The normalized spacial score (nSPS) is 17.9. The minimum absolute atomic E-state index is 0.0722. The summed E-state index contributed by atoms with van der Waals surface area (Å²) in [6.07, 6.45) is 4.42. The number of nitrogens with one attached hydrogen (secondary N) is 1. The number of imide groups is 2. The number of carbonyl (C=O) groups excluding carboxylic acids is 3. The van der Waals surface area contributed by atoms with Crippen LogP contribution >= 0.6 is 0 Å². The molecule has 3 aromatic rings. The van der Waals surface area contributed by atoms with Crippen LogP contribution in [0.5, 0.6) is 11.5 Å². The maximum atomic E-state index is 13.3. The Morgan fingerprint density at radius 3 is 2.69 bits per heavy atom. The second-order valence-electron chi connectivity index (χ2n) is 7.76. The summed E-state index contributed by atoms with van der Waals surface area (Å²) >= 11 is 0. The smallest absolute Gasteiger partial charge is 0.335 e. The molecule has 1 N–H and O–H groups in total. The van der Waals surface area contributed by atoms with Gasteiger partial charge < -0.3 is 14.0 Å². The highest BCUT2D eigenvalue weighted by Crippen LogP contribution is 2.36. The van der Waals surface area contributed by atoms with Crippen LogP contribution in [0.1, 0.15) is 31.9 Å². The Morgan fingerprint density at radius 1 is 1.09 bits per heavy atom. The van der Waals surface area contributed by atoms with E-state index in [-0.39, 0.29) is 24.1 Å². The van der Waals surface area contributed by atoms with Crippen molar-refractivity contribution in [3.8, 4) is 11.5 Å². The van der Waals surface area contributed by atoms with E-state index in [1.807, 2.05) is 30.5 Å². The summed E-state index contributed by atoms with van der Waals surface area (Å²) < 4.78 is 12.8. The van der Waals surface area contributed by atoms with Crippen LogP contribution in [0.3, 0.4) is 0 Å². The summed E-state index contributed by atoms with van der Waals surface area (Å²) in [6, 6.07) is 12.0. The molecule has 1 aromatic heterocycles. The second kappa shape index (κ2) is 7.56. The van der Waals surface area contributed by atoms with Gasteiger partial charge in [0.25, 0.3) is 11.8 Å².